The van der Waals surface area contributed by atoms with Crippen molar-refractivity contribution in [3.8, 4) is 5.75 Å². The third-order valence-electron chi connectivity index (χ3n) is 3.57. The van der Waals surface area contributed by atoms with E-state index in [1.54, 1.807) is 24.4 Å². The molecule has 116 valence electrons. The zero-order valence-electron chi connectivity index (χ0n) is 12.5. The second-order valence-corrected chi connectivity index (χ2v) is 5.63. The summed E-state index contributed by atoms with van der Waals surface area (Å²) in [4.78, 5) is 4.33. The van der Waals surface area contributed by atoms with Gasteiger partial charge >= 0.3 is 0 Å². The van der Waals surface area contributed by atoms with E-state index >= 15 is 0 Å². The van der Waals surface area contributed by atoms with Crippen molar-refractivity contribution in [3.05, 3.63) is 71.2 Å². The Balaban J connectivity index is 1.61. The van der Waals surface area contributed by atoms with Crippen LogP contribution in [0.5, 0.6) is 5.75 Å². The van der Waals surface area contributed by atoms with Crippen LogP contribution >= 0.6 is 11.6 Å². The van der Waals surface area contributed by atoms with Crippen LogP contribution in [0.3, 0.4) is 0 Å². The minimum atomic E-state index is 0.181. The van der Waals surface area contributed by atoms with Crippen LogP contribution in [0, 0.1) is 0 Å². The Morgan fingerprint density at radius 2 is 1.87 bits per heavy atom. The number of phenolic OH excluding ortho intramolecular Hbond substituents is 1. The Hall–Kier alpha value is -2.52. The van der Waals surface area contributed by atoms with Crippen LogP contribution in [-0.2, 0) is 0 Å². The molecule has 0 aliphatic heterocycles. The molecule has 0 radical (unpaired) electrons. The number of fused-ring (bicyclic) bond motifs is 1. The van der Waals surface area contributed by atoms with E-state index < -0.39 is 0 Å². The van der Waals surface area contributed by atoms with Gasteiger partial charge in [0, 0.05) is 34.4 Å². The van der Waals surface area contributed by atoms with Gasteiger partial charge in [0.2, 0.25) is 0 Å². The molecule has 3 rings (SSSR count). The Bertz CT molecular complexity index is 840. The van der Waals surface area contributed by atoms with Crippen molar-refractivity contribution in [3.63, 3.8) is 0 Å². The highest BCUT2D eigenvalue weighted by Gasteiger charge is 2.00. The zero-order valence-corrected chi connectivity index (χ0v) is 13.3. The third-order valence-corrected chi connectivity index (χ3v) is 3.80. The van der Waals surface area contributed by atoms with Gasteiger partial charge in [0.05, 0.1) is 6.54 Å². The van der Waals surface area contributed by atoms with Gasteiger partial charge in [-0.2, -0.15) is 0 Å². The van der Waals surface area contributed by atoms with Crippen LogP contribution in [0.25, 0.3) is 10.8 Å². The van der Waals surface area contributed by atoms with E-state index in [1.165, 1.54) is 10.8 Å². The van der Waals surface area contributed by atoms with E-state index in [0.717, 1.165) is 5.69 Å². The van der Waals surface area contributed by atoms with E-state index in [1.807, 2.05) is 18.2 Å². The molecule has 0 fully saturated rings. The highest BCUT2D eigenvalue weighted by atomic mass is 35.5. The quantitative estimate of drug-likeness (QED) is 0.526. The van der Waals surface area contributed by atoms with Gasteiger partial charge in [0.1, 0.15) is 5.75 Å². The molecule has 0 spiro atoms. The fraction of sp³-hybridized carbons (Fsp3) is 0.105. The molecule has 0 unspecified atom stereocenters. The van der Waals surface area contributed by atoms with Crippen LogP contribution in [-0.4, -0.2) is 24.4 Å². The summed E-state index contributed by atoms with van der Waals surface area (Å²) in [5.74, 6) is 0.181. The van der Waals surface area contributed by atoms with Crippen molar-refractivity contribution in [2.24, 2.45) is 4.99 Å². The lowest BCUT2D eigenvalue weighted by Gasteiger charge is -2.08. The zero-order chi connectivity index (χ0) is 16.1. The molecule has 0 saturated carbocycles. The maximum Gasteiger partial charge on any atom is 0.124 e. The number of aromatic hydroxyl groups is 1. The maximum atomic E-state index is 9.72. The SMILES string of the molecule is Oc1ccc(Cl)cc1C=NCCNc1cccc2ccccc12. The maximum absolute atomic E-state index is 9.72. The highest BCUT2D eigenvalue weighted by Crippen LogP contribution is 2.22. The molecular formula is C19H17ClN2O. The summed E-state index contributed by atoms with van der Waals surface area (Å²) in [6.45, 7) is 1.32. The Morgan fingerprint density at radius 1 is 1.04 bits per heavy atom. The number of hydrogen-bond donors (Lipinski definition) is 2. The summed E-state index contributed by atoms with van der Waals surface area (Å²) in [6, 6.07) is 19.4. The highest BCUT2D eigenvalue weighted by molar-refractivity contribution is 6.30. The smallest absolute Gasteiger partial charge is 0.124 e. The van der Waals surface area contributed by atoms with Gasteiger partial charge in [-0.1, -0.05) is 48.0 Å². The fourth-order valence-corrected chi connectivity index (χ4v) is 2.61. The largest absolute Gasteiger partial charge is 0.507 e. The van der Waals surface area contributed by atoms with Crippen LogP contribution in [0.4, 0.5) is 5.69 Å². The van der Waals surface area contributed by atoms with Crippen molar-refractivity contribution >= 4 is 34.3 Å². The molecule has 3 aromatic carbocycles. The Labute approximate surface area is 140 Å². The fourth-order valence-electron chi connectivity index (χ4n) is 2.43. The van der Waals surface area contributed by atoms with E-state index in [-0.39, 0.29) is 5.75 Å². The van der Waals surface area contributed by atoms with Gasteiger partial charge in [-0.15, -0.1) is 0 Å². The summed E-state index contributed by atoms with van der Waals surface area (Å²) in [7, 11) is 0. The predicted octanol–water partition coefficient (Wildman–Crippen LogP) is 4.73. The molecule has 0 aliphatic carbocycles. The van der Waals surface area contributed by atoms with Crippen molar-refractivity contribution in [1.82, 2.24) is 0 Å². The van der Waals surface area contributed by atoms with Crippen LogP contribution < -0.4 is 5.32 Å². The number of benzene rings is 3. The Kier molecular flexibility index (Phi) is 4.79. The molecule has 0 saturated heterocycles. The second kappa shape index (κ2) is 7.16. The van der Waals surface area contributed by atoms with E-state index in [0.29, 0.717) is 23.7 Å². The Morgan fingerprint density at radius 3 is 2.78 bits per heavy atom. The first-order chi connectivity index (χ1) is 11.2. The first-order valence-corrected chi connectivity index (χ1v) is 7.82. The summed E-state index contributed by atoms with van der Waals surface area (Å²) < 4.78 is 0. The van der Waals surface area contributed by atoms with Crippen molar-refractivity contribution in [1.29, 1.82) is 0 Å². The number of aliphatic imine (C=N–C) groups is 1. The average Bonchev–Trinajstić information content (AvgIpc) is 2.57. The number of anilines is 1. The number of halogens is 1. The summed E-state index contributed by atoms with van der Waals surface area (Å²) in [5.41, 5.74) is 1.73. The summed E-state index contributed by atoms with van der Waals surface area (Å²) in [6.07, 6.45) is 1.64. The third kappa shape index (κ3) is 3.82. The lowest BCUT2D eigenvalue weighted by Crippen LogP contribution is -2.05. The van der Waals surface area contributed by atoms with Gasteiger partial charge in [-0.25, -0.2) is 0 Å². The first kappa shape index (κ1) is 15.4. The average molecular weight is 325 g/mol. The topological polar surface area (TPSA) is 44.6 Å². The normalized spacial score (nSPS) is 11.2. The molecule has 0 atom stereocenters. The van der Waals surface area contributed by atoms with Crippen LogP contribution in [0.15, 0.2) is 65.7 Å². The number of hydrogen-bond acceptors (Lipinski definition) is 3. The molecule has 2 N–H and O–H groups in total. The first-order valence-electron chi connectivity index (χ1n) is 7.44. The molecule has 0 heterocycles. The number of nitrogens with one attached hydrogen (secondary N) is 1. The van der Waals surface area contributed by atoms with Gasteiger partial charge in [-0.05, 0) is 29.7 Å². The van der Waals surface area contributed by atoms with Gasteiger partial charge in [0.25, 0.3) is 0 Å². The van der Waals surface area contributed by atoms with Gasteiger partial charge in [0.15, 0.2) is 0 Å². The van der Waals surface area contributed by atoms with Crippen molar-refractivity contribution < 1.29 is 5.11 Å². The molecule has 3 nitrogen and oxygen atoms in total. The number of nitrogens with zero attached hydrogens (tertiary/aromatic N) is 1. The van der Waals surface area contributed by atoms with E-state index in [9.17, 15) is 5.11 Å². The van der Waals surface area contributed by atoms with Crippen LogP contribution in [0.2, 0.25) is 5.02 Å². The molecular weight excluding hydrogens is 308 g/mol. The molecule has 0 bridgehead atoms. The standard InChI is InChI=1S/C19H17ClN2O/c20-16-8-9-19(23)15(12-16)13-21-10-11-22-18-7-3-5-14-4-1-2-6-17(14)18/h1-9,12-13,22-23H,10-11H2. The molecule has 4 heteroatoms. The minimum Gasteiger partial charge on any atom is -0.507 e. The van der Waals surface area contributed by atoms with Crippen molar-refractivity contribution in [2.45, 2.75) is 0 Å². The molecule has 23 heavy (non-hydrogen) atoms. The lowest BCUT2D eigenvalue weighted by atomic mass is 10.1. The van der Waals surface area contributed by atoms with Gasteiger partial charge in [-0.3, -0.25) is 4.99 Å². The minimum absolute atomic E-state index is 0.181. The monoisotopic (exact) mass is 324 g/mol. The summed E-state index contributed by atoms with van der Waals surface area (Å²) >= 11 is 5.91. The molecule has 0 amide bonds. The number of rotatable bonds is 5. The molecule has 0 aromatic heterocycles. The van der Waals surface area contributed by atoms with Crippen LogP contribution in [0.1, 0.15) is 5.56 Å². The van der Waals surface area contributed by atoms with Crippen molar-refractivity contribution in [2.75, 3.05) is 18.4 Å². The van der Waals surface area contributed by atoms with Gasteiger partial charge < -0.3 is 10.4 Å². The van der Waals surface area contributed by atoms with E-state index in [4.69, 9.17) is 11.6 Å². The molecule has 0 aliphatic rings. The predicted molar refractivity (Wildman–Crippen MR) is 98.0 cm³/mol. The summed E-state index contributed by atoms with van der Waals surface area (Å²) in [5, 5.41) is 16.1. The van der Waals surface area contributed by atoms with E-state index in [2.05, 4.69) is 34.6 Å². The second-order valence-electron chi connectivity index (χ2n) is 5.19. The molecule has 3 aromatic rings. The number of phenols is 1. The lowest BCUT2D eigenvalue weighted by molar-refractivity contribution is 0.474.